The standard InChI is InChI=1S/C13H9ClN2O5/c1-7-4-9(16(19)20)6-15-12(7)21-11-3-2-8(14)5-10(11)13(17)18/h2-6H,1H3,(H,17,18). The summed E-state index contributed by atoms with van der Waals surface area (Å²) in [5, 5.41) is 20.0. The first-order valence-corrected chi connectivity index (χ1v) is 6.08. The third-order valence-corrected chi connectivity index (χ3v) is 2.84. The van der Waals surface area contributed by atoms with Crippen LogP contribution in [0, 0.1) is 17.0 Å². The van der Waals surface area contributed by atoms with Crippen LogP contribution in [-0.2, 0) is 0 Å². The van der Waals surface area contributed by atoms with E-state index in [-0.39, 0.29) is 27.9 Å². The molecular weight excluding hydrogens is 300 g/mol. The molecule has 0 unspecified atom stereocenters. The van der Waals surface area contributed by atoms with E-state index in [1.807, 2.05) is 0 Å². The predicted octanol–water partition coefficient (Wildman–Crippen LogP) is 3.44. The van der Waals surface area contributed by atoms with Gasteiger partial charge in [0, 0.05) is 16.7 Å². The maximum Gasteiger partial charge on any atom is 0.339 e. The molecule has 1 aromatic carbocycles. The molecule has 1 aromatic heterocycles. The third kappa shape index (κ3) is 3.26. The topological polar surface area (TPSA) is 103 Å². The summed E-state index contributed by atoms with van der Waals surface area (Å²) >= 11 is 5.74. The number of hydrogen-bond donors (Lipinski definition) is 1. The Kier molecular flexibility index (Phi) is 4.04. The van der Waals surface area contributed by atoms with Gasteiger partial charge in [-0.15, -0.1) is 0 Å². The van der Waals surface area contributed by atoms with Crippen LogP contribution in [0.3, 0.4) is 0 Å². The fourth-order valence-corrected chi connectivity index (χ4v) is 1.79. The molecule has 21 heavy (non-hydrogen) atoms. The quantitative estimate of drug-likeness (QED) is 0.685. The summed E-state index contributed by atoms with van der Waals surface area (Å²) in [7, 11) is 0. The molecule has 0 spiro atoms. The number of rotatable bonds is 4. The van der Waals surface area contributed by atoms with Gasteiger partial charge in [-0.25, -0.2) is 9.78 Å². The van der Waals surface area contributed by atoms with E-state index >= 15 is 0 Å². The molecule has 108 valence electrons. The van der Waals surface area contributed by atoms with Crippen LogP contribution in [0.4, 0.5) is 5.69 Å². The first-order chi connectivity index (χ1) is 9.88. The van der Waals surface area contributed by atoms with Gasteiger partial charge in [-0.3, -0.25) is 10.1 Å². The van der Waals surface area contributed by atoms with Gasteiger partial charge in [-0.2, -0.15) is 0 Å². The largest absolute Gasteiger partial charge is 0.478 e. The molecule has 8 heteroatoms. The molecular formula is C13H9ClN2O5. The second-order valence-electron chi connectivity index (χ2n) is 4.12. The van der Waals surface area contributed by atoms with E-state index in [9.17, 15) is 14.9 Å². The van der Waals surface area contributed by atoms with Gasteiger partial charge in [-0.05, 0) is 25.1 Å². The lowest BCUT2D eigenvalue weighted by Gasteiger charge is -2.10. The SMILES string of the molecule is Cc1cc([N+](=O)[O-])cnc1Oc1ccc(Cl)cc1C(=O)O. The number of halogens is 1. The summed E-state index contributed by atoms with van der Waals surface area (Å²) in [6, 6.07) is 5.41. The summed E-state index contributed by atoms with van der Waals surface area (Å²) in [6.07, 6.45) is 1.04. The van der Waals surface area contributed by atoms with Gasteiger partial charge in [0.15, 0.2) is 0 Å². The lowest BCUT2D eigenvalue weighted by atomic mass is 10.2. The van der Waals surface area contributed by atoms with Gasteiger partial charge in [0.25, 0.3) is 5.69 Å². The van der Waals surface area contributed by atoms with E-state index in [2.05, 4.69) is 4.98 Å². The normalized spacial score (nSPS) is 10.2. The van der Waals surface area contributed by atoms with Crippen LogP contribution in [0.25, 0.3) is 0 Å². The summed E-state index contributed by atoms with van der Waals surface area (Å²) < 4.78 is 5.42. The molecule has 0 amide bonds. The summed E-state index contributed by atoms with van der Waals surface area (Å²) in [5.41, 5.74) is 0.118. The highest BCUT2D eigenvalue weighted by Crippen LogP contribution is 2.29. The fourth-order valence-electron chi connectivity index (χ4n) is 1.62. The number of aromatic nitrogens is 1. The number of ether oxygens (including phenoxy) is 1. The molecule has 7 nitrogen and oxygen atoms in total. The Morgan fingerprint density at radius 1 is 1.43 bits per heavy atom. The molecule has 0 aliphatic carbocycles. The van der Waals surface area contributed by atoms with Crippen molar-refractivity contribution in [3.63, 3.8) is 0 Å². The van der Waals surface area contributed by atoms with Crippen molar-refractivity contribution in [2.45, 2.75) is 6.92 Å². The number of carbonyl (C=O) groups is 1. The van der Waals surface area contributed by atoms with Crippen molar-refractivity contribution in [1.29, 1.82) is 0 Å². The van der Waals surface area contributed by atoms with Crippen LogP contribution < -0.4 is 4.74 Å². The smallest absolute Gasteiger partial charge is 0.339 e. The van der Waals surface area contributed by atoms with Crippen LogP contribution in [0.5, 0.6) is 11.6 Å². The average molecular weight is 309 g/mol. The Balaban J connectivity index is 2.39. The van der Waals surface area contributed by atoms with Crippen molar-refractivity contribution in [2.24, 2.45) is 0 Å². The van der Waals surface area contributed by atoms with E-state index in [0.29, 0.717) is 5.56 Å². The van der Waals surface area contributed by atoms with E-state index in [1.165, 1.54) is 24.3 Å². The molecule has 0 bridgehead atoms. The van der Waals surface area contributed by atoms with Crippen molar-refractivity contribution in [3.8, 4) is 11.6 Å². The van der Waals surface area contributed by atoms with Gasteiger partial charge in [0.1, 0.15) is 17.5 Å². The Bertz CT molecular complexity index is 732. The Morgan fingerprint density at radius 3 is 2.71 bits per heavy atom. The zero-order chi connectivity index (χ0) is 15.6. The highest BCUT2D eigenvalue weighted by Gasteiger charge is 2.16. The molecule has 0 aliphatic rings. The molecule has 0 aliphatic heterocycles. The van der Waals surface area contributed by atoms with Crippen LogP contribution in [-0.4, -0.2) is 21.0 Å². The molecule has 0 radical (unpaired) electrons. The second-order valence-corrected chi connectivity index (χ2v) is 4.56. The first kappa shape index (κ1) is 14.7. The molecule has 1 heterocycles. The van der Waals surface area contributed by atoms with Crippen LogP contribution in [0.1, 0.15) is 15.9 Å². The molecule has 2 rings (SSSR count). The highest BCUT2D eigenvalue weighted by molar-refractivity contribution is 6.31. The van der Waals surface area contributed by atoms with E-state index in [1.54, 1.807) is 6.92 Å². The van der Waals surface area contributed by atoms with E-state index in [0.717, 1.165) is 6.20 Å². The number of hydrogen-bond acceptors (Lipinski definition) is 5. The molecule has 0 fully saturated rings. The van der Waals surface area contributed by atoms with E-state index < -0.39 is 10.9 Å². The molecule has 0 saturated carbocycles. The molecule has 2 aromatic rings. The number of carboxylic acid groups (broad SMARTS) is 1. The number of nitrogens with zero attached hydrogens (tertiary/aromatic N) is 2. The minimum atomic E-state index is -1.20. The van der Waals surface area contributed by atoms with Gasteiger partial charge in [0.05, 0.1) is 4.92 Å². The van der Waals surface area contributed by atoms with Gasteiger partial charge in [0.2, 0.25) is 5.88 Å². The lowest BCUT2D eigenvalue weighted by molar-refractivity contribution is -0.385. The number of pyridine rings is 1. The molecule has 0 atom stereocenters. The van der Waals surface area contributed by atoms with Crippen LogP contribution >= 0.6 is 11.6 Å². The third-order valence-electron chi connectivity index (χ3n) is 2.61. The minimum absolute atomic E-state index is 0.0522. The number of aromatic carboxylic acids is 1. The first-order valence-electron chi connectivity index (χ1n) is 5.70. The summed E-state index contributed by atoms with van der Waals surface area (Å²) in [4.78, 5) is 25.0. The molecule has 1 N–H and O–H groups in total. The Labute approximate surface area is 123 Å². The average Bonchev–Trinajstić information content (AvgIpc) is 2.42. The van der Waals surface area contributed by atoms with Gasteiger partial charge >= 0.3 is 5.97 Å². The summed E-state index contributed by atoms with van der Waals surface area (Å²) in [5.74, 6) is -1.06. The zero-order valence-corrected chi connectivity index (χ0v) is 11.5. The number of carboxylic acids is 1. The van der Waals surface area contributed by atoms with Crippen molar-refractivity contribution in [1.82, 2.24) is 4.98 Å². The number of benzene rings is 1. The van der Waals surface area contributed by atoms with Crippen molar-refractivity contribution in [2.75, 3.05) is 0 Å². The maximum absolute atomic E-state index is 11.1. The van der Waals surface area contributed by atoms with Crippen molar-refractivity contribution >= 4 is 23.3 Å². The van der Waals surface area contributed by atoms with E-state index in [4.69, 9.17) is 21.4 Å². The Morgan fingerprint density at radius 2 is 2.14 bits per heavy atom. The van der Waals surface area contributed by atoms with Crippen LogP contribution in [0.2, 0.25) is 5.02 Å². The maximum atomic E-state index is 11.1. The van der Waals surface area contributed by atoms with Gasteiger partial charge in [-0.1, -0.05) is 11.6 Å². The number of aryl methyl sites for hydroxylation is 1. The van der Waals surface area contributed by atoms with Crippen molar-refractivity contribution < 1.29 is 19.6 Å². The molecule has 0 saturated heterocycles. The highest BCUT2D eigenvalue weighted by atomic mass is 35.5. The lowest BCUT2D eigenvalue weighted by Crippen LogP contribution is -2.01. The van der Waals surface area contributed by atoms with Crippen molar-refractivity contribution in [3.05, 3.63) is 56.7 Å². The minimum Gasteiger partial charge on any atom is -0.478 e. The predicted molar refractivity (Wildman–Crippen MR) is 74.1 cm³/mol. The number of nitro groups is 1. The van der Waals surface area contributed by atoms with Crippen LogP contribution in [0.15, 0.2) is 30.5 Å². The fraction of sp³-hybridized carbons (Fsp3) is 0.0769. The Hall–Kier alpha value is -2.67. The zero-order valence-electron chi connectivity index (χ0n) is 10.7. The second kappa shape index (κ2) is 5.76. The van der Waals surface area contributed by atoms with Gasteiger partial charge < -0.3 is 9.84 Å². The summed E-state index contributed by atoms with van der Waals surface area (Å²) in [6.45, 7) is 1.58. The monoisotopic (exact) mass is 308 g/mol.